The fraction of sp³-hybridized carbons (Fsp3) is 0.600. The summed E-state index contributed by atoms with van der Waals surface area (Å²) < 4.78 is 0. The van der Waals surface area contributed by atoms with Gasteiger partial charge in [-0.3, -0.25) is 0 Å². The normalized spacial score (nSPS) is 10.8. The van der Waals surface area contributed by atoms with E-state index in [1.807, 2.05) is 34.0 Å². The van der Waals surface area contributed by atoms with E-state index in [1.165, 1.54) is 0 Å². The van der Waals surface area contributed by atoms with E-state index in [2.05, 4.69) is 42.4 Å². The molecule has 0 aromatic heterocycles. The first-order valence-electron chi connectivity index (χ1n) is 6.73. The molecule has 4 heteroatoms. The highest BCUT2D eigenvalue weighted by molar-refractivity contribution is 5.33. The van der Waals surface area contributed by atoms with Crippen LogP contribution in [0.15, 0.2) is 36.2 Å². The molecule has 0 heterocycles. The summed E-state index contributed by atoms with van der Waals surface area (Å²) in [5.74, 6) is 0. The molecule has 0 amide bonds. The molecule has 3 N–H and O–H groups in total. The van der Waals surface area contributed by atoms with E-state index in [1.54, 1.807) is 0 Å². The summed E-state index contributed by atoms with van der Waals surface area (Å²) in [6.07, 6.45) is 1.98. The molecular weight excluding hydrogens is 236 g/mol. The van der Waals surface area contributed by atoms with Crippen molar-refractivity contribution in [3.63, 3.8) is 0 Å². The van der Waals surface area contributed by atoms with E-state index in [9.17, 15) is 0 Å². The predicted octanol–water partition coefficient (Wildman–Crippen LogP) is 1.64. The molecule has 19 heavy (non-hydrogen) atoms. The second-order valence-corrected chi connectivity index (χ2v) is 4.44. The Morgan fingerprint density at radius 3 is 2.05 bits per heavy atom. The molecule has 0 bridgehead atoms. The SMILES string of the molecule is C=C(N)/C(=C\C(=C)N(C)CCN(C)C)CNC.CC. The lowest BCUT2D eigenvalue weighted by atomic mass is 10.1. The number of likely N-dealkylation sites (N-methyl/N-ethyl adjacent to an activating group) is 3. The van der Waals surface area contributed by atoms with Gasteiger partial charge in [0.1, 0.15) is 0 Å². The van der Waals surface area contributed by atoms with Crippen molar-refractivity contribution in [3.8, 4) is 0 Å². The Labute approximate surface area is 119 Å². The van der Waals surface area contributed by atoms with Gasteiger partial charge in [-0.05, 0) is 32.8 Å². The second kappa shape index (κ2) is 11.8. The molecule has 0 aliphatic carbocycles. The first kappa shape index (κ1) is 20.1. The van der Waals surface area contributed by atoms with Crippen LogP contribution >= 0.6 is 0 Å². The molecule has 0 aliphatic rings. The molecule has 0 saturated heterocycles. The van der Waals surface area contributed by atoms with Gasteiger partial charge in [-0.15, -0.1) is 0 Å². The van der Waals surface area contributed by atoms with Gasteiger partial charge in [0, 0.05) is 38.1 Å². The highest BCUT2D eigenvalue weighted by Crippen LogP contribution is 2.08. The number of hydrogen-bond acceptors (Lipinski definition) is 4. The lowest BCUT2D eigenvalue weighted by molar-refractivity contribution is 0.331. The summed E-state index contributed by atoms with van der Waals surface area (Å²) in [5, 5.41) is 3.07. The van der Waals surface area contributed by atoms with Crippen molar-refractivity contribution in [1.29, 1.82) is 0 Å². The van der Waals surface area contributed by atoms with Gasteiger partial charge in [0.2, 0.25) is 0 Å². The van der Waals surface area contributed by atoms with Crippen LogP contribution in [0.1, 0.15) is 13.8 Å². The Morgan fingerprint density at radius 1 is 1.16 bits per heavy atom. The number of nitrogens with one attached hydrogen (secondary N) is 1. The van der Waals surface area contributed by atoms with Crippen LogP contribution in [-0.2, 0) is 0 Å². The van der Waals surface area contributed by atoms with Gasteiger partial charge in [-0.1, -0.05) is 27.0 Å². The summed E-state index contributed by atoms with van der Waals surface area (Å²) in [6.45, 7) is 14.4. The van der Waals surface area contributed by atoms with E-state index >= 15 is 0 Å². The number of hydrogen-bond donors (Lipinski definition) is 2. The third-order valence-corrected chi connectivity index (χ3v) is 2.49. The summed E-state index contributed by atoms with van der Waals surface area (Å²) in [6, 6.07) is 0. The first-order chi connectivity index (χ1) is 8.88. The van der Waals surface area contributed by atoms with Crippen LogP contribution in [0.3, 0.4) is 0 Å². The molecule has 0 spiro atoms. The largest absolute Gasteiger partial charge is 0.399 e. The van der Waals surface area contributed by atoms with Gasteiger partial charge in [0.15, 0.2) is 0 Å². The van der Waals surface area contributed by atoms with Crippen LogP contribution in [0.2, 0.25) is 0 Å². The molecule has 0 aromatic rings. The van der Waals surface area contributed by atoms with Crippen LogP contribution in [0, 0.1) is 0 Å². The zero-order valence-electron chi connectivity index (χ0n) is 13.6. The molecular formula is C15H32N4. The van der Waals surface area contributed by atoms with Gasteiger partial charge in [0.25, 0.3) is 0 Å². The highest BCUT2D eigenvalue weighted by Gasteiger charge is 2.03. The quantitative estimate of drug-likeness (QED) is 0.657. The third kappa shape index (κ3) is 10.4. The lowest BCUT2D eigenvalue weighted by Crippen LogP contribution is -2.28. The molecule has 0 aromatic carbocycles. The summed E-state index contributed by atoms with van der Waals surface area (Å²) >= 11 is 0. The zero-order chi connectivity index (χ0) is 15.4. The van der Waals surface area contributed by atoms with E-state index in [-0.39, 0.29) is 0 Å². The van der Waals surface area contributed by atoms with Crippen molar-refractivity contribution >= 4 is 0 Å². The Morgan fingerprint density at radius 2 is 1.68 bits per heavy atom. The van der Waals surface area contributed by atoms with Crippen molar-refractivity contribution in [1.82, 2.24) is 15.1 Å². The molecule has 0 atom stereocenters. The van der Waals surface area contributed by atoms with Gasteiger partial charge >= 0.3 is 0 Å². The van der Waals surface area contributed by atoms with Crippen LogP contribution in [0.5, 0.6) is 0 Å². The minimum atomic E-state index is 0.585. The summed E-state index contributed by atoms with van der Waals surface area (Å²) in [7, 11) is 8.02. The van der Waals surface area contributed by atoms with Gasteiger partial charge in [-0.25, -0.2) is 0 Å². The zero-order valence-corrected chi connectivity index (χ0v) is 13.6. The molecule has 0 unspecified atom stereocenters. The van der Waals surface area contributed by atoms with Crippen molar-refractivity contribution in [2.24, 2.45) is 5.73 Å². The average Bonchev–Trinajstić information content (AvgIpc) is 2.37. The minimum absolute atomic E-state index is 0.585. The third-order valence-electron chi connectivity index (χ3n) is 2.49. The van der Waals surface area contributed by atoms with Crippen LogP contribution in [0.4, 0.5) is 0 Å². The summed E-state index contributed by atoms with van der Waals surface area (Å²) in [5.41, 5.74) is 8.24. The van der Waals surface area contributed by atoms with Crippen LogP contribution in [0.25, 0.3) is 0 Å². The Hall–Kier alpha value is -1.26. The number of nitrogens with two attached hydrogens (primary N) is 1. The smallest absolute Gasteiger partial charge is 0.0302 e. The van der Waals surface area contributed by atoms with Crippen molar-refractivity contribution in [2.45, 2.75) is 13.8 Å². The molecule has 0 aliphatic heterocycles. The Balaban J connectivity index is 0. The number of rotatable bonds is 8. The molecule has 4 nitrogen and oxygen atoms in total. The van der Waals surface area contributed by atoms with Gasteiger partial charge in [-0.2, -0.15) is 0 Å². The maximum Gasteiger partial charge on any atom is 0.0302 e. The lowest BCUT2D eigenvalue weighted by Gasteiger charge is -2.22. The monoisotopic (exact) mass is 268 g/mol. The maximum absolute atomic E-state index is 5.72. The topological polar surface area (TPSA) is 44.5 Å². The van der Waals surface area contributed by atoms with E-state index in [4.69, 9.17) is 5.73 Å². The van der Waals surface area contributed by atoms with E-state index in [0.29, 0.717) is 12.2 Å². The fourth-order valence-corrected chi connectivity index (χ4v) is 1.25. The molecule has 0 rings (SSSR count). The van der Waals surface area contributed by atoms with Gasteiger partial charge < -0.3 is 20.9 Å². The van der Waals surface area contributed by atoms with E-state index in [0.717, 1.165) is 24.4 Å². The van der Waals surface area contributed by atoms with Crippen molar-refractivity contribution in [2.75, 3.05) is 47.8 Å². The fourth-order valence-electron chi connectivity index (χ4n) is 1.25. The minimum Gasteiger partial charge on any atom is -0.399 e. The number of nitrogens with zero attached hydrogens (tertiary/aromatic N) is 2. The number of allylic oxidation sites excluding steroid dienone is 1. The van der Waals surface area contributed by atoms with Crippen molar-refractivity contribution in [3.05, 3.63) is 36.2 Å². The Kier molecular flexibility index (Phi) is 12.5. The van der Waals surface area contributed by atoms with Gasteiger partial charge in [0.05, 0.1) is 0 Å². The highest BCUT2D eigenvalue weighted by atomic mass is 15.2. The van der Waals surface area contributed by atoms with Crippen LogP contribution in [-0.4, -0.2) is 57.6 Å². The molecule has 112 valence electrons. The van der Waals surface area contributed by atoms with Crippen molar-refractivity contribution < 1.29 is 0 Å². The molecule has 0 fully saturated rings. The summed E-state index contributed by atoms with van der Waals surface area (Å²) in [4.78, 5) is 4.25. The predicted molar refractivity (Wildman–Crippen MR) is 87.0 cm³/mol. The van der Waals surface area contributed by atoms with Crippen LogP contribution < -0.4 is 11.1 Å². The maximum atomic E-state index is 5.72. The average molecular weight is 268 g/mol. The second-order valence-electron chi connectivity index (χ2n) is 4.44. The first-order valence-corrected chi connectivity index (χ1v) is 6.73. The Bertz CT molecular complexity index is 293. The molecule has 0 radical (unpaired) electrons. The van der Waals surface area contributed by atoms with E-state index < -0.39 is 0 Å². The molecule has 0 saturated carbocycles. The standard InChI is InChI=1S/C13H26N4.C2H6/c1-11(17(6)8-7-16(4)5)9-13(10-15-3)12(2)14;1-2/h9,15H,1-2,7-8,10,14H2,3-6H3;1-2H3/b13-9-;.